The van der Waals surface area contributed by atoms with Crippen LogP contribution in [0, 0.1) is 5.92 Å². The summed E-state index contributed by atoms with van der Waals surface area (Å²) in [5, 5.41) is 26.4. The van der Waals surface area contributed by atoms with Crippen LogP contribution < -0.4 is 10.6 Å². The number of nitrogens with one attached hydrogen (secondary N) is 2. The molecule has 2 fully saturated rings. The van der Waals surface area contributed by atoms with Crippen molar-refractivity contribution in [2.45, 2.75) is 76.2 Å². The van der Waals surface area contributed by atoms with Crippen molar-refractivity contribution in [3.63, 3.8) is 0 Å². The molecule has 2 saturated carbocycles. The number of nitrogens with zero attached hydrogens (tertiary/aromatic N) is 2. The fourth-order valence-electron chi connectivity index (χ4n) is 3.55. The number of rotatable bonds is 4. The van der Waals surface area contributed by atoms with Crippen molar-refractivity contribution >= 4 is 11.8 Å². The van der Waals surface area contributed by atoms with Gasteiger partial charge in [0.15, 0.2) is 0 Å². The Morgan fingerprint density at radius 2 is 1.74 bits per heavy atom. The second-order valence-corrected chi connectivity index (χ2v) is 7.11. The summed E-state index contributed by atoms with van der Waals surface area (Å²) < 4.78 is 0. The summed E-state index contributed by atoms with van der Waals surface area (Å²) in [5.74, 6) is 1.84. The molecule has 6 nitrogen and oxygen atoms in total. The van der Waals surface area contributed by atoms with Crippen LogP contribution in [-0.2, 0) is 0 Å². The normalized spacial score (nSPS) is 34.8. The smallest absolute Gasteiger partial charge is 0.224 e. The molecule has 0 aliphatic heterocycles. The third-order valence-electron chi connectivity index (χ3n) is 5.19. The van der Waals surface area contributed by atoms with Gasteiger partial charge in [-0.05, 0) is 56.9 Å². The molecule has 3 atom stereocenters. The zero-order chi connectivity index (χ0) is 16.2. The summed E-state index contributed by atoms with van der Waals surface area (Å²) in [6, 6.07) is 2.49. The maximum absolute atomic E-state index is 10.0. The Hall–Kier alpha value is -1.40. The predicted octanol–water partition coefficient (Wildman–Crippen LogP) is 2.15. The van der Waals surface area contributed by atoms with E-state index in [2.05, 4.69) is 27.5 Å². The lowest BCUT2D eigenvalue weighted by molar-refractivity contribution is 0.0739. The van der Waals surface area contributed by atoms with Gasteiger partial charge in [-0.3, -0.25) is 0 Å². The maximum Gasteiger partial charge on any atom is 0.224 e. The molecule has 1 heterocycles. The second kappa shape index (κ2) is 7.45. The number of hydrogen-bond acceptors (Lipinski definition) is 6. The van der Waals surface area contributed by atoms with Crippen LogP contribution in [0.5, 0.6) is 0 Å². The second-order valence-electron chi connectivity index (χ2n) is 7.11. The van der Waals surface area contributed by atoms with Crippen LogP contribution in [-0.4, -0.2) is 44.5 Å². The number of aromatic nitrogens is 2. The van der Waals surface area contributed by atoms with Crippen LogP contribution in [0.2, 0.25) is 0 Å². The fourth-order valence-corrected chi connectivity index (χ4v) is 3.55. The molecule has 1 aromatic heterocycles. The first kappa shape index (κ1) is 16.5. The molecule has 1 aromatic rings. The SMILES string of the molecule is C[C@@H]1CC[C@@H](Nc2ccnc(NC3CCC(O)CC3)n2)C[C@H]1O. The molecule has 3 rings (SSSR count). The summed E-state index contributed by atoms with van der Waals surface area (Å²) in [6.45, 7) is 2.11. The minimum atomic E-state index is -0.227. The van der Waals surface area contributed by atoms with Crippen molar-refractivity contribution in [3.8, 4) is 0 Å². The highest BCUT2D eigenvalue weighted by atomic mass is 16.3. The minimum Gasteiger partial charge on any atom is -0.393 e. The van der Waals surface area contributed by atoms with Gasteiger partial charge in [-0.2, -0.15) is 4.98 Å². The number of hydrogen-bond donors (Lipinski definition) is 4. The van der Waals surface area contributed by atoms with Crippen molar-refractivity contribution in [1.82, 2.24) is 9.97 Å². The minimum absolute atomic E-state index is 0.151. The number of aliphatic hydroxyl groups is 2. The fraction of sp³-hybridized carbons (Fsp3) is 0.765. The van der Waals surface area contributed by atoms with Crippen LogP contribution in [0.15, 0.2) is 12.3 Å². The van der Waals surface area contributed by atoms with Gasteiger partial charge in [0.25, 0.3) is 0 Å². The third-order valence-corrected chi connectivity index (χ3v) is 5.19. The highest BCUT2D eigenvalue weighted by Crippen LogP contribution is 2.26. The Balaban J connectivity index is 1.55. The van der Waals surface area contributed by atoms with Crippen molar-refractivity contribution in [3.05, 3.63) is 12.3 Å². The van der Waals surface area contributed by atoms with Gasteiger partial charge < -0.3 is 20.8 Å². The monoisotopic (exact) mass is 320 g/mol. The molecule has 2 aliphatic rings. The Morgan fingerprint density at radius 3 is 2.48 bits per heavy atom. The summed E-state index contributed by atoms with van der Waals surface area (Å²) >= 11 is 0. The lowest BCUT2D eigenvalue weighted by atomic mass is 9.85. The molecular weight excluding hydrogens is 292 g/mol. The van der Waals surface area contributed by atoms with E-state index in [9.17, 15) is 10.2 Å². The molecule has 0 amide bonds. The van der Waals surface area contributed by atoms with Gasteiger partial charge in [0, 0.05) is 18.3 Å². The van der Waals surface area contributed by atoms with Crippen LogP contribution in [0.4, 0.5) is 11.8 Å². The lowest BCUT2D eigenvalue weighted by Gasteiger charge is -2.31. The van der Waals surface area contributed by atoms with E-state index < -0.39 is 0 Å². The average molecular weight is 320 g/mol. The largest absolute Gasteiger partial charge is 0.393 e. The Morgan fingerprint density at radius 1 is 1.00 bits per heavy atom. The van der Waals surface area contributed by atoms with Gasteiger partial charge in [-0.25, -0.2) is 4.98 Å². The molecule has 4 N–H and O–H groups in total. The standard InChI is InChI=1S/C17H28N4O2/c1-11-2-3-13(10-15(11)23)19-16-8-9-18-17(21-16)20-12-4-6-14(22)7-5-12/h8-9,11-15,22-23H,2-7,10H2,1H3,(H2,18,19,20,21)/t11-,12?,13-,14?,15-/m1/s1. The first-order valence-corrected chi connectivity index (χ1v) is 8.82. The van der Waals surface area contributed by atoms with E-state index in [1.54, 1.807) is 6.20 Å². The highest BCUT2D eigenvalue weighted by Gasteiger charge is 2.26. The van der Waals surface area contributed by atoms with Gasteiger partial charge in [0.1, 0.15) is 5.82 Å². The Bertz CT molecular complexity index is 505. The van der Waals surface area contributed by atoms with Gasteiger partial charge in [-0.15, -0.1) is 0 Å². The Labute approximate surface area is 137 Å². The van der Waals surface area contributed by atoms with Crippen molar-refractivity contribution < 1.29 is 10.2 Å². The zero-order valence-corrected chi connectivity index (χ0v) is 13.8. The summed E-state index contributed by atoms with van der Waals surface area (Å²) in [5.41, 5.74) is 0. The van der Waals surface area contributed by atoms with E-state index >= 15 is 0 Å². The van der Waals surface area contributed by atoms with Gasteiger partial charge in [0.2, 0.25) is 5.95 Å². The molecule has 23 heavy (non-hydrogen) atoms. The maximum atomic E-state index is 10.0. The summed E-state index contributed by atoms with van der Waals surface area (Å²) in [7, 11) is 0. The topological polar surface area (TPSA) is 90.3 Å². The molecule has 0 bridgehead atoms. The van der Waals surface area contributed by atoms with Gasteiger partial charge in [-0.1, -0.05) is 6.92 Å². The predicted molar refractivity (Wildman–Crippen MR) is 90.4 cm³/mol. The molecular formula is C17H28N4O2. The van der Waals surface area contributed by atoms with Crippen molar-refractivity contribution in [2.24, 2.45) is 5.92 Å². The molecule has 0 spiro atoms. The molecule has 2 aliphatic carbocycles. The molecule has 0 saturated heterocycles. The van der Waals surface area contributed by atoms with E-state index in [0.717, 1.165) is 50.8 Å². The van der Waals surface area contributed by atoms with E-state index in [0.29, 0.717) is 17.9 Å². The molecule has 0 radical (unpaired) electrons. The first-order chi connectivity index (χ1) is 11.1. The molecule has 0 unspecified atom stereocenters. The van der Waals surface area contributed by atoms with Crippen molar-refractivity contribution in [2.75, 3.05) is 10.6 Å². The molecule has 0 aromatic carbocycles. The van der Waals surface area contributed by atoms with E-state index in [4.69, 9.17) is 0 Å². The summed E-state index contributed by atoms with van der Waals surface area (Å²) in [6.07, 6.45) is 7.85. The van der Waals surface area contributed by atoms with E-state index in [1.807, 2.05) is 6.07 Å². The van der Waals surface area contributed by atoms with Crippen LogP contribution >= 0.6 is 0 Å². The van der Waals surface area contributed by atoms with E-state index in [1.165, 1.54) is 0 Å². The quantitative estimate of drug-likeness (QED) is 0.680. The number of aliphatic hydroxyl groups excluding tert-OH is 2. The average Bonchev–Trinajstić information content (AvgIpc) is 2.54. The van der Waals surface area contributed by atoms with Crippen LogP contribution in [0.25, 0.3) is 0 Å². The highest BCUT2D eigenvalue weighted by molar-refractivity contribution is 5.41. The third kappa shape index (κ3) is 4.54. The number of anilines is 2. The van der Waals surface area contributed by atoms with Crippen molar-refractivity contribution in [1.29, 1.82) is 0 Å². The van der Waals surface area contributed by atoms with Gasteiger partial charge >= 0.3 is 0 Å². The van der Waals surface area contributed by atoms with E-state index in [-0.39, 0.29) is 18.2 Å². The molecule has 128 valence electrons. The first-order valence-electron chi connectivity index (χ1n) is 8.82. The van der Waals surface area contributed by atoms with Crippen LogP contribution in [0.3, 0.4) is 0 Å². The molecule has 6 heteroatoms. The lowest BCUT2D eigenvalue weighted by Crippen LogP contribution is -2.35. The summed E-state index contributed by atoms with van der Waals surface area (Å²) in [4.78, 5) is 8.85. The van der Waals surface area contributed by atoms with Gasteiger partial charge in [0.05, 0.1) is 12.2 Å². The zero-order valence-electron chi connectivity index (χ0n) is 13.8. The van der Waals surface area contributed by atoms with Crippen LogP contribution in [0.1, 0.15) is 51.9 Å². The Kier molecular flexibility index (Phi) is 5.33.